The van der Waals surface area contributed by atoms with Crippen LogP contribution in [0.3, 0.4) is 0 Å². The summed E-state index contributed by atoms with van der Waals surface area (Å²) in [6.07, 6.45) is 38.4. The number of hydrogen-bond donors (Lipinski definition) is 0. The van der Waals surface area contributed by atoms with Crippen LogP contribution in [0.15, 0.2) is 11.6 Å². The fourth-order valence-corrected chi connectivity index (χ4v) is 11.6. The van der Waals surface area contributed by atoms with Gasteiger partial charge < -0.3 is 4.74 Å². The smallest absolute Gasteiger partial charge is 0.306 e. The van der Waals surface area contributed by atoms with Crippen molar-refractivity contribution in [3.05, 3.63) is 11.6 Å². The summed E-state index contributed by atoms with van der Waals surface area (Å²) in [6, 6.07) is 0. The average Bonchev–Trinajstić information content (AvgIpc) is 3.40. The lowest BCUT2D eigenvalue weighted by molar-refractivity contribution is -0.151. The van der Waals surface area contributed by atoms with Crippen LogP contribution in [0, 0.1) is 46.3 Å². The van der Waals surface area contributed by atoms with E-state index in [4.69, 9.17) is 4.74 Å². The third-order valence-corrected chi connectivity index (χ3v) is 14.5. The van der Waals surface area contributed by atoms with Crippen molar-refractivity contribution in [1.82, 2.24) is 0 Å². The third-order valence-electron chi connectivity index (χ3n) is 14.5. The zero-order chi connectivity index (χ0) is 33.7. The van der Waals surface area contributed by atoms with Crippen LogP contribution in [-0.4, -0.2) is 12.1 Å². The van der Waals surface area contributed by atoms with E-state index in [0.29, 0.717) is 17.3 Å². The summed E-state index contributed by atoms with van der Waals surface area (Å²) in [6.45, 7) is 15.0. The van der Waals surface area contributed by atoms with Gasteiger partial charge in [-0.25, -0.2) is 0 Å². The molecule has 4 rings (SSSR count). The fourth-order valence-electron chi connectivity index (χ4n) is 11.6. The van der Waals surface area contributed by atoms with Crippen molar-refractivity contribution >= 4 is 5.97 Å². The molecule has 0 unspecified atom stereocenters. The molecule has 0 aromatic carbocycles. The maximum atomic E-state index is 12.8. The highest BCUT2D eigenvalue weighted by Crippen LogP contribution is 2.67. The predicted molar refractivity (Wildman–Crippen MR) is 202 cm³/mol. The van der Waals surface area contributed by atoms with Crippen molar-refractivity contribution in [2.24, 2.45) is 46.3 Å². The van der Waals surface area contributed by atoms with Crippen LogP contribution in [0.2, 0.25) is 0 Å². The highest BCUT2D eigenvalue weighted by atomic mass is 16.5. The molecule has 272 valence electrons. The van der Waals surface area contributed by atoms with Gasteiger partial charge in [-0.2, -0.15) is 0 Å². The predicted octanol–water partition coefficient (Wildman–Crippen LogP) is 14.2. The number of allylic oxidation sites excluding steroid dienone is 1. The molecular weight excluding hydrogens is 572 g/mol. The van der Waals surface area contributed by atoms with Gasteiger partial charge in [0.15, 0.2) is 0 Å². The Bertz CT molecular complexity index is 934. The van der Waals surface area contributed by atoms with Gasteiger partial charge in [0.1, 0.15) is 6.10 Å². The van der Waals surface area contributed by atoms with E-state index >= 15 is 0 Å². The van der Waals surface area contributed by atoms with Crippen LogP contribution in [0.1, 0.15) is 215 Å². The number of hydrogen-bond acceptors (Lipinski definition) is 2. The van der Waals surface area contributed by atoms with Crippen LogP contribution >= 0.6 is 0 Å². The number of esters is 1. The number of ether oxygens (including phenoxy) is 1. The van der Waals surface area contributed by atoms with E-state index in [1.807, 2.05) is 0 Å². The van der Waals surface area contributed by atoms with E-state index in [0.717, 1.165) is 54.8 Å². The minimum atomic E-state index is 0.0653. The molecule has 2 heteroatoms. The average molecular weight is 653 g/mol. The molecule has 0 bridgehead atoms. The first kappa shape index (κ1) is 39.0. The molecule has 0 spiro atoms. The minimum Gasteiger partial charge on any atom is -0.462 e. The number of rotatable bonds is 22. The van der Waals surface area contributed by atoms with Gasteiger partial charge in [-0.15, -0.1) is 0 Å². The fraction of sp³-hybridized carbons (Fsp3) is 0.933. The third kappa shape index (κ3) is 10.8. The van der Waals surface area contributed by atoms with Crippen molar-refractivity contribution in [3.63, 3.8) is 0 Å². The van der Waals surface area contributed by atoms with Crippen molar-refractivity contribution in [3.8, 4) is 0 Å². The van der Waals surface area contributed by atoms with E-state index in [2.05, 4.69) is 47.6 Å². The summed E-state index contributed by atoms with van der Waals surface area (Å²) < 4.78 is 6.13. The molecule has 47 heavy (non-hydrogen) atoms. The molecule has 0 amide bonds. The Kier molecular flexibility index (Phi) is 16.2. The van der Waals surface area contributed by atoms with Crippen molar-refractivity contribution in [1.29, 1.82) is 0 Å². The van der Waals surface area contributed by atoms with Crippen LogP contribution in [0.25, 0.3) is 0 Å². The Hall–Kier alpha value is -0.790. The SMILES string of the molecule is CCCCCCCCCCCCCCCCCC(=O)O[C@H]1CC[C@@]2(C)C(=CC[C@@H]3[C@H]4CC[C@@H]([C@@H](C)CCCC(C)C)[C@]4(C)CC[C@H]32)C1. The number of carbonyl (C=O) groups excluding carboxylic acids is 1. The second-order valence-corrected chi connectivity index (χ2v) is 18.3. The molecule has 0 aromatic rings. The van der Waals surface area contributed by atoms with Gasteiger partial charge in [0.2, 0.25) is 0 Å². The first-order chi connectivity index (χ1) is 22.7. The Morgan fingerprint density at radius 2 is 1.36 bits per heavy atom. The number of unbranched alkanes of at least 4 members (excludes halogenated alkanes) is 14. The van der Waals surface area contributed by atoms with E-state index < -0.39 is 0 Å². The Balaban J connectivity index is 1.10. The van der Waals surface area contributed by atoms with Gasteiger partial charge in [0, 0.05) is 12.8 Å². The molecule has 3 fully saturated rings. The quantitative estimate of drug-likeness (QED) is 0.0661. The molecule has 0 radical (unpaired) electrons. The zero-order valence-electron chi connectivity index (χ0n) is 32.5. The molecule has 8 atom stereocenters. The molecule has 2 nitrogen and oxygen atoms in total. The standard InChI is InChI=1S/C45H80O2/c1-7-8-9-10-11-12-13-14-15-16-17-18-19-20-21-25-43(46)47-38-30-32-44(5)37(34-38)26-27-39-41-29-28-40(36(4)24-22-23-35(2)3)45(41,6)33-31-42(39)44/h26,35-36,38-42H,7-25,27-34H2,1-6H3/t36-,38-,39+,40-,41+,42+,44-,45-/m0/s1. The van der Waals surface area contributed by atoms with E-state index in [1.54, 1.807) is 5.57 Å². The van der Waals surface area contributed by atoms with Crippen molar-refractivity contribution in [2.45, 2.75) is 221 Å². The number of carbonyl (C=O) groups is 1. The summed E-state index contributed by atoms with van der Waals surface area (Å²) >= 11 is 0. The molecule has 0 saturated heterocycles. The lowest BCUT2D eigenvalue weighted by Gasteiger charge is -2.58. The van der Waals surface area contributed by atoms with Crippen molar-refractivity contribution in [2.75, 3.05) is 0 Å². The Labute approximate surface area is 293 Å². The highest BCUT2D eigenvalue weighted by molar-refractivity contribution is 5.69. The first-order valence-corrected chi connectivity index (χ1v) is 21.6. The van der Waals surface area contributed by atoms with Gasteiger partial charge in [-0.3, -0.25) is 4.79 Å². The van der Waals surface area contributed by atoms with Crippen LogP contribution in [0.4, 0.5) is 0 Å². The first-order valence-electron chi connectivity index (χ1n) is 21.6. The second-order valence-electron chi connectivity index (χ2n) is 18.3. The molecule has 4 aliphatic rings. The van der Waals surface area contributed by atoms with Gasteiger partial charge in [0.25, 0.3) is 0 Å². The van der Waals surface area contributed by atoms with Crippen LogP contribution < -0.4 is 0 Å². The molecule has 0 aromatic heterocycles. The molecule has 4 aliphatic carbocycles. The van der Waals surface area contributed by atoms with Crippen LogP contribution in [-0.2, 0) is 9.53 Å². The second kappa shape index (κ2) is 19.6. The Morgan fingerprint density at radius 3 is 1.98 bits per heavy atom. The zero-order valence-corrected chi connectivity index (χ0v) is 32.5. The van der Waals surface area contributed by atoms with Gasteiger partial charge in [0.05, 0.1) is 0 Å². The summed E-state index contributed by atoms with van der Waals surface area (Å²) in [5.41, 5.74) is 2.54. The summed E-state index contributed by atoms with van der Waals surface area (Å²) in [5, 5.41) is 0. The summed E-state index contributed by atoms with van der Waals surface area (Å²) in [5.74, 6) is 5.34. The molecule has 0 aliphatic heterocycles. The van der Waals surface area contributed by atoms with E-state index in [-0.39, 0.29) is 12.1 Å². The van der Waals surface area contributed by atoms with Gasteiger partial charge in [-0.1, -0.05) is 162 Å². The van der Waals surface area contributed by atoms with Crippen LogP contribution in [0.5, 0.6) is 0 Å². The highest BCUT2D eigenvalue weighted by Gasteiger charge is 2.59. The normalized spacial score (nSPS) is 32.4. The van der Waals surface area contributed by atoms with Crippen molar-refractivity contribution < 1.29 is 9.53 Å². The number of fused-ring (bicyclic) bond motifs is 5. The molecular formula is C45H80O2. The lowest BCUT2D eigenvalue weighted by Crippen LogP contribution is -2.51. The maximum Gasteiger partial charge on any atom is 0.306 e. The summed E-state index contributed by atoms with van der Waals surface area (Å²) in [4.78, 5) is 12.8. The monoisotopic (exact) mass is 653 g/mol. The van der Waals surface area contributed by atoms with E-state index in [1.165, 1.54) is 148 Å². The molecule has 0 N–H and O–H groups in total. The van der Waals surface area contributed by atoms with Gasteiger partial charge in [-0.05, 0) is 97.7 Å². The topological polar surface area (TPSA) is 26.3 Å². The molecule has 3 saturated carbocycles. The summed E-state index contributed by atoms with van der Waals surface area (Å²) in [7, 11) is 0. The maximum absolute atomic E-state index is 12.8. The lowest BCUT2D eigenvalue weighted by atomic mass is 9.47. The van der Waals surface area contributed by atoms with Gasteiger partial charge >= 0.3 is 5.97 Å². The molecule has 0 heterocycles. The Morgan fingerprint density at radius 1 is 0.745 bits per heavy atom. The minimum absolute atomic E-state index is 0.0653. The largest absolute Gasteiger partial charge is 0.462 e. The van der Waals surface area contributed by atoms with E-state index in [9.17, 15) is 4.79 Å².